The first-order valence-corrected chi connectivity index (χ1v) is 13.4. The number of rotatable bonds is 10. The van der Waals surface area contributed by atoms with Gasteiger partial charge in [0.2, 0.25) is 0 Å². The summed E-state index contributed by atoms with van der Waals surface area (Å²) in [6, 6.07) is 34.0. The Hall–Kier alpha value is -4.58. The lowest BCUT2D eigenvalue weighted by atomic mass is 10.0. The molecule has 206 valence electrons. The minimum Gasteiger partial charge on any atom is -0.497 e. The smallest absolute Gasteiger partial charge is 0.312 e. The van der Waals surface area contributed by atoms with Gasteiger partial charge in [-0.1, -0.05) is 84.9 Å². The maximum atomic E-state index is 14.2. The van der Waals surface area contributed by atoms with Crippen molar-refractivity contribution in [3.63, 3.8) is 0 Å². The topological polar surface area (TPSA) is 59.1 Å². The van der Waals surface area contributed by atoms with Crippen molar-refractivity contribution in [2.24, 2.45) is 0 Å². The van der Waals surface area contributed by atoms with E-state index in [0.29, 0.717) is 11.5 Å². The SMILES string of the molecule is COc1cccc(CN(C(=O)C(=O)N(Cc2cccc(OC)c2)[C@@H](C)c2ccccc2)[C@@H](C)c2ccccc2)c1. The van der Waals surface area contributed by atoms with Crippen LogP contribution in [0.3, 0.4) is 0 Å². The fourth-order valence-electron chi connectivity index (χ4n) is 4.77. The van der Waals surface area contributed by atoms with Crippen LogP contribution in [0.25, 0.3) is 0 Å². The average Bonchev–Trinajstić information content (AvgIpc) is 3.02. The number of carbonyl (C=O) groups excluding carboxylic acids is 2. The molecular weight excluding hydrogens is 500 g/mol. The van der Waals surface area contributed by atoms with Gasteiger partial charge in [-0.05, 0) is 60.4 Å². The lowest BCUT2D eigenvalue weighted by Gasteiger charge is -2.34. The molecule has 0 saturated carbocycles. The van der Waals surface area contributed by atoms with Crippen molar-refractivity contribution in [1.82, 2.24) is 9.80 Å². The Balaban J connectivity index is 1.71. The number of hydrogen-bond acceptors (Lipinski definition) is 4. The second-order valence-corrected chi connectivity index (χ2v) is 9.74. The third kappa shape index (κ3) is 6.89. The Labute approximate surface area is 236 Å². The highest BCUT2D eigenvalue weighted by molar-refractivity contribution is 6.35. The molecule has 0 radical (unpaired) electrons. The molecule has 0 fully saturated rings. The Morgan fingerprint density at radius 2 is 0.950 bits per heavy atom. The van der Waals surface area contributed by atoms with Crippen LogP contribution in [-0.4, -0.2) is 35.8 Å². The molecule has 4 aromatic rings. The van der Waals surface area contributed by atoms with Crippen molar-refractivity contribution in [2.45, 2.75) is 39.0 Å². The quantitative estimate of drug-likeness (QED) is 0.215. The van der Waals surface area contributed by atoms with Crippen LogP contribution in [0.5, 0.6) is 11.5 Å². The number of amides is 2. The molecule has 0 spiro atoms. The van der Waals surface area contributed by atoms with Crippen LogP contribution in [0.2, 0.25) is 0 Å². The third-order valence-electron chi connectivity index (χ3n) is 7.18. The molecule has 0 bridgehead atoms. The van der Waals surface area contributed by atoms with E-state index < -0.39 is 11.8 Å². The summed E-state index contributed by atoms with van der Waals surface area (Å²) < 4.78 is 10.8. The maximum Gasteiger partial charge on any atom is 0.312 e. The van der Waals surface area contributed by atoms with Gasteiger partial charge in [0.05, 0.1) is 26.3 Å². The van der Waals surface area contributed by atoms with Crippen LogP contribution < -0.4 is 9.47 Å². The van der Waals surface area contributed by atoms with E-state index in [1.165, 1.54) is 0 Å². The molecule has 0 unspecified atom stereocenters. The van der Waals surface area contributed by atoms with E-state index >= 15 is 0 Å². The molecule has 0 aromatic heterocycles. The van der Waals surface area contributed by atoms with Gasteiger partial charge in [0.15, 0.2) is 0 Å². The lowest BCUT2D eigenvalue weighted by Crippen LogP contribution is -2.46. The average molecular weight is 537 g/mol. The molecule has 0 N–H and O–H groups in total. The van der Waals surface area contributed by atoms with E-state index in [4.69, 9.17) is 9.47 Å². The fourth-order valence-corrected chi connectivity index (χ4v) is 4.77. The molecular formula is C34H36N2O4. The van der Waals surface area contributed by atoms with E-state index in [2.05, 4.69) is 0 Å². The lowest BCUT2D eigenvalue weighted by molar-refractivity contribution is -0.155. The number of hydrogen-bond donors (Lipinski definition) is 0. The van der Waals surface area contributed by atoms with Gasteiger partial charge in [0.1, 0.15) is 11.5 Å². The van der Waals surface area contributed by atoms with Gasteiger partial charge in [-0.25, -0.2) is 0 Å². The third-order valence-corrected chi connectivity index (χ3v) is 7.18. The second-order valence-electron chi connectivity index (χ2n) is 9.74. The van der Waals surface area contributed by atoms with Crippen LogP contribution in [0.1, 0.15) is 48.2 Å². The summed E-state index contributed by atoms with van der Waals surface area (Å²) in [6.45, 7) is 4.41. The van der Waals surface area contributed by atoms with Crippen LogP contribution >= 0.6 is 0 Å². The number of ether oxygens (including phenoxy) is 2. The first kappa shape index (κ1) is 28.4. The highest BCUT2D eigenvalue weighted by atomic mass is 16.5. The Morgan fingerprint density at radius 1 is 0.575 bits per heavy atom. The largest absolute Gasteiger partial charge is 0.497 e. The minimum atomic E-state index is -0.565. The molecule has 40 heavy (non-hydrogen) atoms. The first-order chi connectivity index (χ1) is 19.4. The van der Waals surface area contributed by atoms with Crippen LogP contribution in [-0.2, 0) is 22.7 Å². The van der Waals surface area contributed by atoms with Crippen molar-refractivity contribution in [2.75, 3.05) is 14.2 Å². The summed E-state index contributed by atoms with van der Waals surface area (Å²) in [5, 5.41) is 0. The number of methoxy groups -OCH3 is 2. The van der Waals surface area contributed by atoms with Gasteiger partial charge in [-0.15, -0.1) is 0 Å². The van der Waals surface area contributed by atoms with Crippen molar-refractivity contribution in [3.05, 3.63) is 131 Å². The van der Waals surface area contributed by atoms with E-state index in [9.17, 15) is 9.59 Å². The molecule has 2 amide bonds. The molecule has 4 aromatic carbocycles. The summed E-state index contributed by atoms with van der Waals surface area (Å²) in [7, 11) is 3.22. The summed E-state index contributed by atoms with van der Waals surface area (Å²) in [5.74, 6) is 0.261. The molecule has 0 heterocycles. The zero-order chi connectivity index (χ0) is 28.5. The fraction of sp³-hybridized carbons (Fsp3) is 0.235. The monoisotopic (exact) mass is 536 g/mol. The zero-order valence-corrected chi connectivity index (χ0v) is 23.5. The Morgan fingerprint density at radius 3 is 1.30 bits per heavy atom. The van der Waals surface area contributed by atoms with Crippen LogP contribution in [0.15, 0.2) is 109 Å². The number of nitrogens with zero attached hydrogens (tertiary/aromatic N) is 2. The summed E-state index contributed by atoms with van der Waals surface area (Å²) in [4.78, 5) is 31.7. The van der Waals surface area contributed by atoms with Crippen molar-refractivity contribution in [3.8, 4) is 11.5 Å². The zero-order valence-electron chi connectivity index (χ0n) is 23.5. The molecule has 0 saturated heterocycles. The highest BCUT2D eigenvalue weighted by Crippen LogP contribution is 2.28. The molecule has 6 heteroatoms. The Bertz CT molecular complexity index is 1300. The van der Waals surface area contributed by atoms with Gasteiger partial charge < -0.3 is 19.3 Å². The van der Waals surface area contributed by atoms with E-state index in [1.54, 1.807) is 24.0 Å². The van der Waals surface area contributed by atoms with Gasteiger partial charge >= 0.3 is 11.8 Å². The van der Waals surface area contributed by atoms with Crippen molar-refractivity contribution in [1.29, 1.82) is 0 Å². The number of carbonyl (C=O) groups is 2. The normalized spacial score (nSPS) is 12.2. The molecule has 2 atom stereocenters. The van der Waals surface area contributed by atoms with Crippen LogP contribution in [0.4, 0.5) is 0 Å². The number of benzene rings is 4. The van der Waals surface area contributed by atoms with Gasteiger partial charge in [0, 0.05) is 13.1 Å². The van der Waals surface area contributed by atoms with Gasteiger partial charge in [-0.3, -0.25) is 9.59 Å². The van der Waals surface area contributed by atoms with Gasteiger partial charge in [-0.2, -0.15) is 0 Å². The predicted octanol–water partition coefficient (Wildman–Crippen LogP) is 6.58. The van der Waals surface area contributed by atoms with Gasteiger partial charge in [0.25, 0.3) is 0 Å². The molecule has 4 rings (SSSR count). The highest BCUT2D eigenvalue weighted by Gasteiger charge is 2.33. The molecule has 0 aliphatic rings. The maximum absolute atomic E-state index is 14.2. The van der Waals surface area contributed by atoms with E-state index in [0.717, 1.165) is 22.3 Å². The first-order valence-electron chi connectivity index (χ1n) is 13.4. The predicted molar refractivity (Wildman–Crippen MR) is 157 cm³/mol. The molecule has 0 aliphatic carbocycles. The van der Waals surface area contributed by atoms with E-state index in [-0.39, 0.29) is 25.2 Å². The van der Waals surface area contributed by atoms with Crippen molar-refractivity contribution < 1.29 is 19.1 Å². The Kier molecular flexibility index (Phi) is 9.57. The summed E-state index contributed by atoms with van der Waals surface area (Å²) in [5.41, 5.74) is 3.64. The second kappa shape index (κ2) is 13.5. The van der Waals surface area contributed by atoms with Crippen LogP contribution in [0, 0.1) is 0 Å². The van der Waals surface area contributed by atoms with Crippen molar-refractivity contribution >= 4 is 11.8 Å². The minimum absolute atomic E-state index is 0.255. The molecule has 0 aliphatic heterocycles. The standard InChI is InChI=1S/C34H36N2O4/c1-25(29-15-7-5-8-16-29)35(23-27-13-11-19-31(21-27)39-3)33(37)34(38)36(26(2)30-17-9-6-10-18-30)24-28-14-12-20-32(22-28)40-4/h5-22,25-26H,23-24H2,1-4H3/t25-,26-/m0/s1. The summed E-state index contributed by atoms with van der Waals surface area (Å²) >= 11 is 0. The molecule has 6 nitrogen and oxygen atoms in total. The van der Waals surface area contributed by atoms with E-state index in [1.807, 2.05) is 123 Å². The summed E-state index contributed by atoms with van der Waals surface area (Å²) in [6.07, 6.45) is 0.